The Morgan fingerprint density at radius 3 is 2.27 bits per heavy atom. The van der Waals surface area contributed by atoms with Gasteiger partial charge in [0.25, 0.3) is 6.54 Å². The van der Waals surface area contributed by atoms with E-state index in [0.717, 1.165) is 0 Å². The Morgan fingerprint density at radius 2 is 2.05 bits per heavy atom. The SMILES string of the molecule is CC#Cn1nc(C(F)(F)F)c(C(=O)O)c1Cl.[C-]#[N+]CC(C)=O. The summed E-state index contributed by atoms with van der Waals surface area (Å²) in [6.07, 6.45) is -4.89. The highest BCUT2D eigenvalue weighted by Gasteiger charge is 2.41. The Kier molecular flexibility index (Phi) is 7.13. The Hall–Kier alpha value is -2.52. The number of rotatable bonds is 2. The minimum atomic E-state index is -4.89. The van der Waals surface area contributed by atoms with Gasteiger partial charge in [0.15, 0.2) is 10.8 Å². The summed E-state index contributed by atoms with van der Waals surface area (Å²) in [7, 11) is 0. The number of hydrogen-bond donors (Lipinski definition) is 1. The molecule has 10 heteroatoms. The maximum atomic E-state index is 12.4. The van der Waals surface area contributed by atoms with Crippen LogP contribution in [-0.4, -0.2) is 33.2 Å². The summed E-state index contributed by atoms with van der Waals surface area (Å²) in [4.78, 5) is 23.3. The molecule has 0 aliphatic carbocycles. The Bertz CT molecular complexity index is 678. The van der Waals surface area contributed by atoms with Gasteiger partial charge in [0.05, 0.1) is 0 Å². The Labute approximate surface area is 128 Å². The van der Waals surface area contributed by atoms with Crippen molar-refractivity contribution >= 4 is 23.4 Å². The highest BCUT2D eigenvalue weighted by Crippen LogP contribution is 2.34. The minimum absolute atomic E-state index is 0.0278. The number of nitrogens with zero attached hydrogens (tertiary/aromatic N) is 3. The molecule has 0 aliphatic heterocycles. The smallest absolute Gasteiger partial charge is 0.436 e. The third-order valence-electron chi connectivity index (χ3n) is 1.83. The Balaban J connectivity index is 0.000000626. The number of hydrogen-bond acceptors (Lipinski definition) is 3. The predicted molar refractivity (Wildman–Crippen MR) is 70.2 cm³/mol. The molecule has 1 aromatic heterocycles. The number of alkyl halides is 3. The molecule has 6 nitrogen and oxygen atoms in total. The van der Waals surface area contributed by atoms with E-state index in [9.17, 15) is 22.8 Å². The monoisotopic (exact) mass is 335 g/mol. The van der Waals surface area contributed by atoms with Gasteiger partial charge in [0, 0.05) is 13.0 Å². The van der Waals surface area contributed by atoms with Crippen molar-refractivity contribution in [3.63, 3.8) is 0 Å². The minimum Gasteiger partial charge on any atom is -0.478 e. The quantitative estimate of drug-likeness (QED) is 0.665. The standard InChI is InChI=1S/C8H4ClF3N2O2.C4H5NO/c1-2-3-14-6(9)4(7(15)16)5(13-14)8(10,11)12;1-4(6)3-5-2/h1H3,(H,15,16);3H2,1H3. The molecule has 0 fully saturated rings. The second-order valence-corrected chi connectivity index (χ2v) is 3.97. The van der Waals surface area contributed by atoms with E-state index in [1.54, 1.807) is 0 Å². The Morgan fingerprint density at radius 1 is 1.50 bits per heavy atom. The molecule has 0 atom stereocenters. The zero-order valence-corrected chi connectivity index (χ0v) is 12.1. The molecule has 1 N–H and O–H groups in total. The molecule has 1 rings (SSSR count). The highest BCUT2D eigenvalue weighted by molar-refractivity contribution is 6.32. The predicted octanol–water partition coefficient (Wildman–Crippen LogP) is 2.58. The summed E-state index contributed by atoms with van der Waals surface area (Å²) in [6.45, 7) is 8.92. The van der Waals surface area contributed by atoms with Crippen molar-refractivity contribution < 1.29 is 27.9 Å². The number of aromatic nitrogens is 2. The molecular formula is C12H9ClF3N3O3. The van der Waals surface area contributed by atoms with Gasteiger partial charge in [0.1, 0.15) is 5.56 Å². The molecule has 0 unspecified atom stereocenters. The van der Waals surface area contributed by atoms with Crippen molar-refractivity contribution in [2.45, 2.75) is 20.0 Å². The first-order chi connectivity index (χ1) is 10.1. The molecular weight excluding hydrogens is 327 g/mol. The number of carboxylic acids is 1. The average Bonchev–Trinajstić information content (AvgIpc) is 2.68. The van der Waals surface area contributed by atoms with Crippen LogP contribution in [0, 0.1) is 18.5 Å². The van der Waals surface area contributed by atoms with Crippen LogP contribution in [0.25, 0.3) is 4.85 Å². The van der Waals surface area contributed by atoms with E-state index in [1.165, 1.54) is 13.8 Å². The second-order valence-electron chi connectivity index (χ2n) is 3.61. The molecule has 0 radical (unpaired) electrons. The summed E-state index contributed by atoms with van der Waals surface area (Å²) >= 11 is 5.43. The zero-order chi connectivity index (χ0) is 17.5. The van der Waals surface area contributed by atoms with Crippen LogP contribution in [0.4, 0.5) is 13.2 Å². The number of ketones is 1. The summed E-state index contributed by atoms with van der Waals surface area (Å²) in [5.41, 5.74) is -2.66. The van der Waals surface area contributed by atoms with E-state index in [0.29, 0.717) is 4.68 Å². The zero-order valence-electron chi connectivity index (χ0n) is 11.3. The molecule has 22 heavy (non-hydrogen) atoms. The van der Waals surface area contributed by atoms with Gasteiger partial charge in [-0.05, 0) is 6.92 Å². The van der Waals surface area contributed by atoms with Gasteiger partial charge < -0.3 is 9.95 Å². The summed E-state index contributed by atoms with van der Waals surface area (Å²) in [5, 5.41) is 10.9. The van der Waals surface area contributed by atoms with Crippen LogP contribution in [0.1, 0.15) is 29.9 Å². The lowest BCUT2D eigenvalue weighted by atomic mass is 10.2. The molecule has 0 spiro atoms. The van der Waals surface area contributed by atoms with E-state index >= 15 is 0 Å². The van der Waals surface area contributed by atoms with Crippen LogP contribution in [0.5, 0.6) is 0 Å². The van der Waals surface area contributed by atoms with E-state index in [4.69, 9.17) is 23.3 Å². The first-order valence-corrected chi connectivity index (χ1v) is 5.78. The van der Waals surface area contributed by atoms with Gasteiger partial charge in [-0.15, -0.1) is 0 Å². The topological polar surface area (TPSA) is 76.6 Å². The van der Waals surface area contributed by atoms with Crippen LogP contribution in [0.2, 0.25) is 5.15 Å². The van der Waals surface area contributed by atoms with Gasteiger partial charge in [-0.2, -0.15) is 23.0 Å². The van der Waals surface area contributed by atoms with Gasteiger partial charge in [-0.25, -0.2) is 11.4 Å². The molecule has 0 aromatic carbocycles. The molecule has 0 aliphatic rings. The normalized spacial score (nSPS) is 9.68. The lowest BCUT2D eigenvalue weighted by molar-refractivity contribution is -0.141. The summed E-state index contributed by atoms with van der Waals surface area (Å²) < 4.78 is 37.7. The maximum Gasteiger partial charge on any atom is 0.436 e. The molecule has 0 saturated heterocycles. The van der Waals surface area contributed by atoms with E-state index in [1.807, 2.05) is 0 Å². The molecule has 1 aromatic rings. The van der Waals surface area contributed by atoms with Crippen molar-refractivity contribution in [2.75, 3.05) is 6.54 Å². The number of halogens is 4. The fourth-order valence-corrected chi connectivity index (χ4v) is 1.33. The third kappa shape index (κ3) is 5.46. The lowest BCUT2D eigenvalue weighted by Crippen LogP contribution is -2.12. The number of aromatic carboxylic acids is 1. The van der Waals surface area contributed by atoms with E-state index in [-0.39, 0.29) is 12.3 Å². The second kappa shape index (κ2) is 8.05. The summed E-state index contributed by atoms with van der Waals surface area (Å²) in [6, 6.07) is 2.12. The fourth-order valence-electron chi connectivity index (χ4n) is 1.08. The van der Waals surface area contributed by atoms with Crippen molar-refractivity contribution in [3.05, 3.63) is 27.8 Å². The van der Waals surface area contributed by atoms with E-state index < -0.39 is 28.6 Å². The van der Waals surface area contributed by atoms with Gasteiger partial charge in [0.2, 0.25) is 5.78 Å². The fraction of sp³-hybridized carbons (Fsp3) is 0.333. The first kappa shape index (κ1) is 19.5. The van der Waals surface area contributed by atoms with Gasteiger partial charge in [-0.1, -0.05) is 17.5 Å². The lowest BCUT2D eigenvalue weighted by Gasteiger charge is -2.02. The third-order valence-corrected chi connectivity index (χ3v) is 2.18. The number of carboxylic acid groups (broad SMARTS) is 1. The van der Waals surface area contributed by atoms with E-state index in [2.05, 4.69) is 21.9 Å². The molecule has 1 heterocycles. The average molecular weight is 336 g/mol. The first-order valence-electron chi connectivity index (χ1n) is 5.40. The number of carbonyl (C=O) groups excluding carboxylic acids is 1. The van der Waals surface area contributed by atoms with Crippen LogP contribution in [-0.2, 0) is 11.0 Å². The van der Waals surface area contributed by atoms with Crippen LogP contribution >= 0.6 is 11.6 Å². The van der Waals surface area contributed by atoms with Crippen molar-refractivity contribution in [1.82, 2.24) is 9.78 Å². The molecule has 118 valence electrons. The van der Waals surface area contributed by atoms with Crippen LogP contribution in [0.3, 0.4) is 0 Å². The van der Waals surface area contributed by atoms with Crippen molar-refractivity contribution in [3.8, 4) is 12.0 Å². The molecule has 0 bridgehead atoms. The highest BCUT2D eigenvalue weighted by atomic mass is 35.5. The maximum absolute atomic E-state index is 12.4. The largest absolute Gasteiger partial charge is 0.478 e. The van der Waals surface area contributed by atoms with Gasteiger partial charge >= 0.3 is 12.1 Å². The van der Waals surface area contributed by atoms with Gasteiger partial charge in [-0.3, -0.25) is 4.79 Å². The molecule has 0 amide bonds. The van der Waals surface area contributed by atoms with Crippen LogP contribution < -0.4 is 0 Å². The summed E-state index contributed by atoms with van der Waals surface area (Å²) in [5.74, 6) is 0.392. The molecule has 0 saturated carbocycles. The van der Waals surface area contributed by atoms with Crippen molar-refractivity contribution in [2.24, 2.45) is 0 Å². The number of Topliss-reactive ketones (excluding diaryl/α,β-unsaturated/α-hetero) is 1. The van der Waals surface area contributed by atoms with Crippen LogP contribution in [0.15, 0.2) is 0 Å². The van der Waals surface area contributed by atoms with Crippen molar-refractivity contribution in [1.29, 1.82) is 0 Å². The number of carbonyl (C=O) groups is 2.